The van der Waals surface area contributed by atoms with E-state index in [1.807, 2.05) is 42.5 Å². The van der Waals surface area contributed by atoms with Crippen LogP contribution in [0.2, 0.25) is 0 Å². The van der Waals surface area contributed by atoms with Crippen LogP contribution in [-0.2, 0) is 4.79 Å². The lowest BCUT2D eigenvalue weighted by Crippen LogP contribution is -2.46. The van der Waals surface area contributed by atoms with Crippen LogP contribution in [0.3, 0.4) is 0 Å². The maximum absolute atomic E-state index is 12.6. The smallest absolute Gasteiger partial charge is 0.331 e. The molecule has 2 aliphatic heterocycles. The molecule has 2 aromatic carbocycles. The second-order valence-corrected chi connectivity index (χ2v) is 7.95. The number of amides is 3. The van der Waals surface area contributed by atoms with E-state index in [1.54, 1.807) is 12.0 Å². The fourth-order valence-electron chi connectivity index (χ4n) is 4.24. The molecule has 7 heteroatoms. The number of para-hydroxylation sites is 2. The van der Waals surface area contributed by atoms with Crippen LogP contribution >= 0.6 is 0 Å². The van der Waals surface area contributed by atoms with Crippen LogP contribution in [0.4, 0.5) is 21.9 Å². The van der Waals surface area contributed by atoms with Crippen molar-refractivity contribution in [3.05, 3.63) is 48.5 Å². The molecular formula is C24H30N4O3. The lowest BCUT2D eigenvalue weighted by molar-refractivity contribution is -0.116. The molecular weight excluding hydrogens is 392 g/mol. The molecule has 2 saturated heterocycles. The van der Waals surface area contributed by atoms with Gasteiger partial charge in [-0.05, 0) is 42.8 Å². The normalized spacial score (nSPS) is 17.0. The number of benzene rings is 2. The van der Waals surface area contributed by atoms with Crippen molar-refractivity contribution in [2.75, 3.05) is 61.1 Å². The van der Waals surface area contributed by atoms with E-state index in [4.69, 9.17) is 4.74 Å². The third-order valence-electron chi connectivity index (χ3n) is 6.00. The Labute approximate surface area is 183 Å². The predicted octanol–water partition coefficient (Wildman–Crippen LogP) is 3.59. The maximum Gasteiger partial charge on any atom is 0.331 e. The Morgan fingerprint density at radius 3 is 2.19 bits per heavy atom. The van der Waals surface area contributed by atoms with E-state index in [0.29, 0.717) is 12.2 Å². The quantitative estimate of drug-likeness (QED) is 0.639. The molecule has 0 atom stereocenters. The van der Waals surface area contributed by atoms with Crippen molar-refractivity contribution in [1.29, 1.82) is 0 Å². The Balaban J connectivity index is 1.39. The molecule has 0 bridgehead atoms. The van der Waals surface area contributed by atoms with Crippen LogP contribution in [0.15, 0.2) is 48.5 Å². The summed E-state index contributed by atoms with van der Waals surface area (Å²) >= 11 is 0. The van der Waals surface area contributed by atoms with Gasteiger partial charge in [-0.25, -0.2) is 9.69 Å². The van der Waals surface area contributed by atoms with Crippen molar-refractivity contribution in [1.82, 2.24) is 4.90 Å². The summed E-state index contributed by atoms with van der Waals surface area (Å²) in [7, 11) is 1.70. The lowest BCUT2D eigenvalue weighted by Gasteiger charge is -2.38. The largest absolute Gasteiger partial charge is 0.495 e. The molecule has 3 amide bonds. The SMILES string of the molecule is CCCCN1CC(=O)N(c2ccc(N3CCN(c4ccccc4OC)CC3)cc2)C1=O. The number of rotatable bonds is 7. The fraction of sp³-hybridized carbons (Fsp3) is 0.417. The number of carbonyl (C=O) groups excluding carboxylic acids is 2. The highest BCUT2D eigenvalue weighted by Gasteiger charge is 2.36. The van der Waals surface area contributed by atoms with Gasteiger partial charge in [0.2, 0.25) is 0 Å². The molecule has 0 spiro atoms. The van der Waals surface area contributed by atoms with Crippen molar-refractivity contribution in [2.24, 2.45) is 0 Å². The first kappa shape index (κ1) is 21.0. The summed E-state index contributed by atoms with van der Waals surface area (Å²) in [6.07, 6.45) is 1.91. The van der Waals surface area contributed by atoms with Gasteiger partial charge in [-0.2, -0.15) is 0 Å². The summed E-state index contributed by atoms with van der Waals surface area (Å²) in [6.45, 7) is 6.47. The molecule has 2 aliphatic rings. The molecule has 2 fully saturated rings. The van der Waals surface area contributed by atoms with Crippen LogP contribution in [0, 0.1) is 0 Å². The van der Waals surface area contributed by atoms with Gasteiger partial charge in [-0.15, -0.1) is 0 Å². The molecule has 2 heterocycles. The molecule has 0 unspecified atom stereocenters. The highest BCUT2D eigenvalue weighted by atomic mass is 16.5. The van der Waals surface area contributed by atoms with E-state index in [1.165, 1.54) is 4.90 Å². The van der Waals surface area contributed by atoms with E-state index in [9.17, 15) is 9.59 Å². The number of ether oxygens (including phenoxy) is 1. The average molecular weight is 423 g/mol. The molecule has 4 rings (SSSR count). The molecule has 0 saturated carbocycles. The third kappa shape index (κ3) is 4.31. The fourth-order valence-corrected chi connectivity index (χ4v) is 4.24. The Kier molecular flexibility index (Phi) is 6.30. The zero-order valence-corrected chi connectivity index (χ0v) is 18.3. The van der Waals surface area contributed by atoms with Crippen LogP contribution in [0.5, 0.6) is 5.75 Å². The first-order chi connectivity index (χ1) is 15.1. The summed E-state index contributed by atoms with van der Waals surface area (Å²) < 4.78 is 5.50. The van der Waals surface area contributed by atoms with Gasteiger partial charge in [0, 0.05) is 38.4 Å². The Hall–Kier alpha value is -3.22. The maximum atomic E-state index is 12.6. The Bertz CT molecular complexity index is 923. The second kappa shape index (κ2) is 9.29. The Morgan fingerprint density at radius 2 is 1.52 bits per heavy atom. The Morgan fingerprint density at radius 1 is 0.871 bits per heavy atom. The van der Waals surface area contributed by atoms with Gasteiger partial charge in [0.15, 0.2) is 0 Å². The zero-order chi connectivity index (χ0) is 21.8. The number of anilines is 3. The van der Waals surface area contributed by atoms with Gasteiger partial charge in [-0.1, -0.05) is 25.5 Å². The number of carbonyl (C=O) groups is 2. The summed E-state index contributed by atoms with van der Waals surface area (Å²) in [6, 6.07) is 15.7. The van der Waals surface area contributed by atoms with Gasteiger partial charge in [0.05, 0.1) is 18.5 Å². The second-order valence-electron chi connectivity index (χ2n) is 7.95. The van der Waals surface area contributed by atoms with Crippen molar-refractivity contribution < 1.29 is 14.3 Å². The van der Waals surface area contributed by atoms with Gasteiger partial charge in [0.1, 0.15) is 12.3 Å². The van der Waals surface area contributed by atoms with Crippen LogP contribution in [0.25, 0.3) is 0 Å². The zero-order valence-electron chi connectivity index (χ0n) is 18.3. The molecule has 0 radical (unpaired) electrons. The first-order valence-electron chi connectivity index (χ1n) is 11.0. The number of urea groups is 1. The molecule has 31 heavy (non-hydrogen) atoms. The monoisotopic (exact) mass is 422 g/mol. The minimum absolute atomic E-state index is 0.153. The average Bonchev–Trinajstić information content (AvgIpc) is 3.10. The number of piperazine rings is 1. The molecule has 7 nitrogen and oxygen atoms in total. The molecule has 2 aromatic rings. The molecule has 0 N–H and O–H groups in total. The summed E-state index contributed by atoms with van der Waals surface area (Å²) in [5.74, 6) is 0.743. The molecule has 0 aliphatic carbocycles. The minimum atomic E-state index is -0.211. The van der Waals surface area contributed by atoms with Gasteiger partial charge >= 0.3 is 6.03 Å². The number of methoxy groups -OCH3 is 1. The number of unbranched alkanes of at least 4 members (excludes halogenated alkanes) is 1. The first-order valence-corrected chi connectivity index (χ1v) is 11.0. The molecule has 0 aromatic heterocycles. The van der Waals surface area contributed by atoms with Gasteiger partial charge < -0.3 is 19.4 Å². The van der Waals surface area contributed by atoms with Gasteiger partial charge in [-0.3, -0.25) is 4.79 Å². The predicted molar refractivity (Wildman–Crippen MR) is 123 cm³/mol. The summed E-state index contributed by atoms with van der Waals surface area (Å²) in [5, 5.41) is 0. The van der Waals surface area contributed by atoms with E-state index < -0.39 is 0 Å². The number of imide groups is 1. The third-order valence-corrected chi connectivity index (χ3v) is 6.00. The lowest BCUT2D eigenvalue weighted by atomic mass is 10.2. The summed E-state index contributed by atoms with van der Waals surface area (Å²) in [4.78, 5) is 32.7. The number of hydrogen-bond donors (Lipinski definition) is 0. The van der Waals surface area contributed by atoms with Crippen molar-refractivity contribution in [2.45, 2.75) is 19.8 Å². The number of hydrogen-bond acceptors (Lipinski definition) is 5. The standard InChI is InChI=1S/C24H30N4O3/c1-3-4-13-27-18-23(29)28(24(27)30)20-11-9-19(10-12-20)25-14-16-26(17-15-25)21-7-5-6-8-22(21)31-2/h5-12H,3-4,13-18H2,1-2H3. The van der Waals surface area contributed by atoms with E-state index >= 15 is 0 Å². The van der Waals surface area contributed by atoms with Crippen molar-refractivity contribution in [3.8, 4) is 5.75 Å². The van der Waals surface area contributed by atoms with E-state index in [0.717, 1.165) is 56.1 Å². The van der Waals surface area contributed by atoms with E-state index in [-0.39, 0.29) is 18.5 Å². The highest BCUT2D eigenvalue weighted by molar-refractivity contribution is 6.19. The minimum Gasteiger partial charge on any atom is -0.495 e. The van der Waals surface area contributed by atoms with Crippen LogP contribution < -0.4 is 19.4 Å². The summed E-state index contributed by atoms with van der Waals surface area (Å²) in [5.41, 5.74) is 2.87. The van der Waals surface area contributed by atoms with E-state index in [2.05, 4.69) is 22.8 Å². The highest BCUT2D eigenvalue weighted by Crippen LogP contribution is 2.30. The van der Waals surface area contributed by atoms with Crippen LogP contribution in [0.1, 0.15) is 19.8 Å². The van der Waals surface area contributed by atoms with Crippen LogP contribution in [-0.4, -0.2) is 63.2 Å². The van der Waals surface area contributed by atoms with Gasteiger partial charge in [0.25, 0.3) is 5.91 Å². The molecule has 164 valence electrons. The topological polar surface area (TPSA) is 56.3 Å². The number of nitrogens with zero attached hydrogens (tertiary/aromatic N) is 4. The van der Waals surface area contributed by atoms with Crippen molar-refractivity contribution >= 4 is 29.0 Å². The van der Waals surface area contributed by atoms with Crippen molar-refractivity contribution in [3.63, 3.8) is 0 Å².